The van der Waals surface area contributed by atoms with Gasteiger partial charge >= 0.3 is 0 Å². The number of rotatable bonds is 6. The number of hydrogen-bond donors (Lipinski definition) is 0. The van der Waals surface area contributed by atoms with Gasteiger partial charge in [0.05, 0.1) is 24.6 Å². The third kappa shape index (κ3) is 3.67. The van der Waals surface area contributed by atoms with Gasteiger partial charge in [-0.25, -0.2) is 14.6 Å². The summed E-state index contributed by atoms with van der Waals surface area (Å²) in [7, 11) is 1.53. The van der Waals surface area contributed by atoms with E-state index in [1.807, 2.05) is 32.0 Å². The molecular formula is C22H20N4O3. The molecule has 0 radical (unpaired) electrons. The minimum Gasteiger partial charge on any atom is -0.496 e. The number of hydrogen-bond acceptors (Lipinski definition) is 6. The fourth-order valence-electron chi connectivity index (χ4n) is 3.29. The van der Waals surface area contributed by atoms with Crippen molar-refractivity contribution in [2.24, 2.45) is 0 Å². The van der Waals surface area contributed by atoms with Crippen molar-refractivity contribution >= 4 is 16.8 Å². The van der Waals surface area contributed by atoms with Gasteiger partial charge in [0.15, 0.2) is 12.3 Å². The van der Waals surface area contributed by atoms with E-state index in [1.165, 1.54) is 13.4 Å². The lowest BCUT2D eigenvalue weighted by molar-refractivity contribution is 0.0916. The number of ketones is 1. The Balaban J connectivity index is 1.62. The number of methoxy groups -OCH3 is 1. The highest BCUT2D eigenvalue weighted by Crippen LogP contribution is 2.25. The Hall–Kier alpha value is -3.74. The van der Waals surface area contributed by atoms with Gasteiger partial charge in [-0.3, -0.25) is 4.79 Å². The molecule has 0 fully saturated rings. The SMILES string of the molecule is COc1ccccc1C(=O)COc1ncnc2c1cnn2-c1cc(C)cc(C)c1. The van der Waals surface area contributed by atoms with Crippen molar-refractivity contribution in [1.82, 2.24) is 19.7 Å². The molecule has 0 unspecified atom stereocenters. The van der Waals surface area contributed by atoms with E-state index in [4.69, 9.17) is 9.47 Å². The van der Waals surface area contributed by atoms with Crippen molar-refractivity contribution in [2.45, 2.75) is 13.8 Å². The lowest BCUT2D eigenvalue weighted by atomic mass is 10.1. The molecule has 0 saturated carbocycles. The van der Waals surface area contributed by atoms with Crippen LogP contribution in [0.1, 0.15) is 21.5 Å². The topological polar surface area (TPSA) is 79.1 Å². The number of carbonyl (C=O) groups excluding carboxylic acids is 1. The summed E-state index contributed by atoms with van der Waals surface area (Å²) in [5.41, 5.74) is 4.26. The Morgan fingerprint density at radius 2 is 1.83 bits per heavy atom. The van der Waals surface area contributed by atoms with E-state index in [2.05, 4.69) is 21.1 Å². The predicted molar refractivity (Wildman–Crippen MR) is 109 cm³/mol. The Kier molecular flexibility index (Phi) is 4.95. The number of ether oxygens (including phenoxy) is 2. The highest BCUT2D eigenvalue weighted by atomic mass is 16.5. The van der Waals surface area contributed by atoms with Crippen LogP contribution in [0, 0.1) is 13.8 Å². The van der Waals surface area contributed by atoms with Gasteiger partial charge in [0, 0.05) is 0 Å². The third-order valence-electron chi connectivity index (χ3n) is 4.53. The van der Waals surface area contributed by atoms with Crippen molar-refractivity contribution in [1.29, 1.82) is 0 Å². The smallest absolute Gasteiger partial charge is 0.228 e. The van der Waals surface area contributed by atoms with Crippen LogP contribution in [0.25, 0.3) is 16.7 Å². The predicted octanol–water partition coefficient (Wildman–Crippen LogP) is 3.70. The summed E-state index contributed by atoms with van der Waals surface area (Å²) < 4.78 is 12.7. The molecule has 0 aliphatic carbocycles. The van der Waals surface area contributed by atoms with Crippen LogP contribution in [-0.4, -0.2) is 39.2 Å². The first-order valence-corrected chi connectivity index (χ1v) is 9.13. The number of nitrogens with zero attached hydrogens (tertiary/aromatic N) is 4. The largest absolute Gasteiger partial charge is 0.496 e. The van der Waals surface area contributed by atoms with E-state index in [-0.39, 0.29) is 12.4 Å². The maximum atomic E-state index is 12.6. The van der Waals surface area contributed by atoms with Gasteiger partial charge in [-0.2, -0.15) is 5.10 Å². The number of aryl methyl sites for hydroxylation is 2. The highest BCUT2D eigenvalue weighted by molar-refractivity contribution is 5.99. The molecule has 7 nitrogen and oxygen atoms in total. The van der Waals surface area contributed by atoms with Crippen LogP contribution in [0.5, 0.6) is 11.6 Å². The summed E-state index contributed by atoms with van der Waals surface area (Å²) in [5.74, 6) is 0.626. The summed E-state index contributed by atoms with van der Waals surface area (Å²) in [6, 6.07) is 13.2. The number of Topliss-reactive ketones (excluding diaryl/α,β-unsaturated/α-hetero) is 1. The van der Waals surface area contributed by atoms with Crippen molar-refractivity contribution in [3.05, 3.63) is 71.7 Å². The second-order valence-electron chi connectivity index (χ2n) is 6.73. The molecular weight excluding hydrogens is 368 g/mol. The first-order valence-electron chi connectivity index (χ1n) is 9.13. The van der Waals surface area contributed by atoms with Crippen LogP contribution in [-0.2, 0) is 0 Å². The molecule has 146 valence electrons. The van der Waals surface area contributed by atoms with Gasteiger partial charge < -0.3 is 9.47 Å². The summed E-state index contributed by atoms with van der Waals surface area (Å²) in [5, 5.41) is 5.09. The zero-order chi connectivity index (χ0) is 20.4. The maximum absolute atomic E-state index is 12.6. The van der Waals surface area contributed by atoms with Crippen molar-refractivity contribution in [2.75, 3.05) is 13.7 Å². The molecule has 0 spiro atoms. The van der Waals surface area contributed by atoms with Crippen LogP contribution in [0.3, 0.4) is 0 Å². The van der Waals surface area contributed by atoms with E-state index >= 15 is 0 Å². The van der Waals surface area contributed by atoms with E-state index in [0.29, 0.717) is 28.2 Å². The molecule has 4 rings (SSSR count). The molecule has 2 heterocycles. The first-order chi connectivity index (χ1) is 14.1. The first kappa shape index (κ1) is 18.6. The van der Waals surface area contributed by atoms with Gasteiger partial charge in [-0.05, 0) is 49.2 Å². The van der Waals surface area contributed by atoms with Gasteiger partial charge in [0.1, 0.15) is 17.5 Å². The lowest BCUT2D eigenvalue weighted by Gasteiger charge is -2.09. The van der Waals surface area contributed by atoms with E-state index < -0.39 is 0 Å². The summed E-state index contributed by atoms with van der Waals surface area (Å²) in [6.45, 7) is 3.91. The molecule has 29 heavy (non-hydrogen) atoms. The molecule has 0 amide bonds. The van der Waals surface area contributed by atoms with Crippen molar-refractivity contribution < 1.29 is 14.3 Å². The number of aromatic nitrogens is 4. The molecule has 0 aliphatic rings. The van der Waals surface area contributed by atoms with E-state index in [9.17, 15) is 4.79 Å². The summed E-state index contributed by atoms with van der Waals surface area (Å²) >= 11 is 0. The zero-order valence-corrected chi connectivity index (χ0v) is 16.4. The molecule has 7 heteroatoms. The van der Waals surface area contributed by atoms with E-state index in [0.717, 1.165) is 16.8 Å². The maximum Gasteiger partial charge on any atom is 0.228 e. The van der Waals surface area contributed by atoms with Gasteiger partial charge in [0.25, 0.3) is 0 Å². The van der Waals surface area contributed by atoms with Crippen LogP contribution in [0.15, 0.2) is 55.0 Å². The number of carbonyl (C=O) groups is 1. The monoisotopic (exact) mass is 388 g/mol. The molecule has 4 aromatic rings. The normalized spacial score (nSPS) is 10.9. The average Bonchev–Trinajstić information content (AvgIpc) is 3.16. The summed E-state index contributed by atoms with van der Waals surface area (Å²) in [6.07, 6.45) is 3.06. The minimum atomic E-state index is -0.198. The average molecular weight is 388 g/mol. The fourth-order valence-corrected chi connectivity index (χ4v) is 3.29. The zero-order valence-electron chi connectivity index (χ0n) is 16.4. The highest BCUT2D eigenvalue weighted by Gasteiger charge is 2.16. The van der Waals surface area contributed by atoms with Crippen molar-refractivity contribution in [3.63, 3.8) is 0 Å². The Morgan fingerprint density at radius 3 is 2.59 bits per heavy atom. The van der Waals surface area contributed by atoms with Crippen molar-refractivity contribution in [3.8, 4) is 17.3 Å². The molecule has 0 aliphatic heterocycles. The minimum absolute atomic E-state index is 0.165. The second kappa shape index (κ2) is 7.71. The molecule has 0 bridgehead atoms. The van der Waals surface area contributed by atoms with Crippen LogP contribution < -0.4 is 9.47 Å². The van der Waals surface area contributed by atoms with Crippen LogP contribution in [0.2, 0.25) is 0 Å². The van der Waals surface area contributed by atoms with Crippen LogP contribution >= 0.6 is 0 Å². The fraction of sp³-hybridized carbons (Fsp3) is 0.182. The standard InChI is InChI=1S/C22H20N4O3/c1-14-8-15(2)10-16(9-14)26-21-18(11-25-26)22(24-13-23-21)29-12-19(27)17-6-4-5-7-20(17)28-3/h4-11,13H,12H2,1-3H3. The molecule has 2 aromatic heterocycles. The second-order valence-corrected chi connectivity index (χ2v) is 6.73. The van der Waals surface area contributed by atoms with Gasteiger partial charge in [-0.15, -0.1) is 0 Å². The molecule has 0 N–H and O–H groups in total. The number of para-hydroxylation sites is 1. The van der Waals surface area contributed by atoms with Gasteiger partial charge in [0.2, 0.25) is 11.7 Å². The number of benzene rings is 2. The Labute approximate surface area is 167 Å². The van der Waals surface area contributed by atoms with Crippen LogP contribution in [0.4, 0.5) is 0 Å². The molecule has 2 aromatic carbocycles. The summed E-state index contributed by atoms with van der Waals surface area (Å²) in [4.78, 5) is 21.1. The molecule has 0 saturated heterocycles. The van der Waals surface area contributed by atoms with Gasteiger partial charge in [-0.1, -0.05) is 18.2 Å². The third-order valence-corrected chi connectivity index (χ3v) is 4.53. The Bertz CT molecular complexity index is 1180. The number of fused-ring (bicyclic) bond motifs is 1. The van der Waals surface area contributed by atoms with E-state index in [1.54, 1.807) is 29.1 Å². The lowest BCUT2D eigenvalue weighted by Crippen LogP contribution is -2.13. The quantitative estimate of drug-likeness (QED) is 0.469. The molecule has 0 atom stereocenters. The Morgan fingerprint density at radius 1 is 1.07 bits per heavy atom.